The Labute approximate surface area is 175 Å². The van der Waals surface area contributed by atoms with Crippen LogP contribution in [0, 0.1) is 6.92 Å². The van der Waals surface area contributed by atoms with Gasteiger partial charge in [-0.05, 0) is 55.5 Å². The maximum atomic E-state index is 13.1. The summed E-state index contributed by atoms with van der Waals surface area (Å²) in [4.78, 5) is 19.8. The van der Waals surface area contributed by atoms with Crippen LogP contribution in [0.5, 0.6) is 0 Å². The number of carbonyl (C=O) groups is 1. The first-order valence-electron chi connectivity index (χ1n) is 10.4. The number of anilines is 2. The quantitative estimate of drug-likeness (QED) is 0.610. The zero-order valence-electron chi connectivity index (χ0n) is 16.6. The molecule has 1 aliphatic heterocycles. The molecule has 2 aromatic carbocycles. The monoisotopic (exact) mass is 403 g/mol. The smallest absolute Gasteiger partial charge is 0.258 e. The van der Waals surface area contributed by atoms with Crippen molar-refractivity contribution in [3.63, 3.8) is 0 Å². The number of amides is 1. The lowest BCUT2D eigenvalue weighted by atomic mass is 10.1. The van der Waals surface area contributed by atoms with Crippen LogP contribution in [0.2, 0.25) is 0 Å². The van der Waals surface area contributed by atoms with Crippen LogP contribution in [-0.2, 0) is 6.42 Å². The fourth-order valence-electron chi connectivity index (χ4n) is 4.45. The molecule has 5 heteroatoms. The lowest BCUT2D eigenvalue weighted by Gasteiger charge is -2.18. The van der Waals surface area contributed by atoms with Gasteiger partial charge < -0.3 is 10.2 Å². The van der Waals surface area contributed by atoms with Crippen LogP contribution in [-0.4, -0.2) is 23.5 Å². The first-order chi connectivity index (χ1) is 14.2. The molecule has 5 rings (SSSR count). The molecule has 4 nitrogen and oxygen atoms in total. The second-order valence-corrected chi connectivity index (χ2v) is 8.89. The molecule has 0 atom stereocenters. The Bertz CT molecular complexity index is 1050. The molecule has 0 saturated heterocycles. The molecule has 0 bridgehead atoms. The highest BCUT2D eigenvalue weighted by Crippen LogP contribution is 2.35. The summed E-state index contributed by atoms with van der Waals surface area (Å²) in [5.74, 6) is 0.0892. The van der Waals surface area contributed by atoms with Crippen molar-refractivity contribution >= 4 is 28.1 Å². The van der Waals surface area contributed by atoms with Gasteiger partial charge in [-0.15, -0.1) is 11.3 Å². The van der Waals surface area contributed by atoms with Crippen molar-refractivity contribution in [2.75, 3.05) is 16.8 Å². The van der Waals surface area contributed by atoms with Crippen molar-refractivity contribution in [1.29, 1.82) is 0 Å². The highest BCUT2D eigenvalue weighted by molar-refractivity contribution is 7.14. The van der Waals surface area contributed by atoms with Crippen molar-refractivity contribution < 1.29 is 4.79 Å². The minimum absolute atomic E-state index is 0.0892. The van der Waals surface area contributed by atoms with Crippen molar-refractivity contribution in [1.82, 2.24) is 4.98 Å². The number of benzene rings is 2. The number of aromatic nitrogens is 1. The number of hydrogen-bond acceptors (Lipinski definition) is 4. The summed E-state index contributed by atoms with van der Waals surface area (Å²) in [5.41, 5.74) is 6.20. The van der Waals surface area contributed by atoms with Gasteiger partial charge in [0.05, 0.1) is 5.69 Å². The molecule has 148 valence electrons. The third-order valence-corrected chi connectivity index (χ3v) is 6.85. The fourth-order valence-corrected chi connectivity index (χ4v) is 5.25. The molecule has 1 aromatic heterocycles. The molecule has 1 saturated carbocycles. The van der Waals surface area contributed by atoms with Gasteiger partial charge in [0.25, 0.3) is 5.91 Å². The largest absolute Gasteiger partial charge is 0.359 e. The van der Waals surface area contributed by atoms with Crippen LogP contribution in [0.15, 0.2) is 47.8 Å². The normalized spacial score (nSPS) is 16.2. The summed E-state index contributed by atoms with van der Waals surface area (Å²) in [5, 5.41) is 6.73. The van der Waals surface area contributed by atoms with E-state index < -0.39 is 0 Å². The minimum Gasteiger partial charge on any atom is -0.359 e. The summed E-state index contributed by atoms with van der Waals surface area (Å²) in [7, 11) is 0. The number of nitrogens with zero attached hydrogens (tertiary/aromatic N) is 2. The SMILES string of the molecule is Cc1ccccc1C(=O)N1CCc2cc(-c3csc(NC4CCCC4)n3)ccc21. The van der Waals surface area contributed by atoms with E-state index in [1.54, 1.807) is 11.3 Å². The van der Waals surface area contributed by atoms with Gasteiger partial charge in [0.15, 0.2) is 5.13 Å². The highest BCUT2D eigenvalue weighted by atomic mass is 32.1. The van der Waals surface area contributed by atoms with Crippen LogP contribution in [0.4, 0.5) is 10.8 Å². The zero-order valence-corrected chi connectivity index (χ0v) is 17.5. The number of fused-ring (bicyclic) bond motifs is 1. The van der Waals surface area contributed by atoms with E-state index in [2.05, 4.69) is 28.9 Å². The highest BCUT2D eigenvalue weighted by Gasteiger charge is 2.27. The molecule has 0 radical (unpaired) electrons. The Morgan fingerprint density at radius 1 is 1.17 bits per heavy atom. The second-order valence-electron chi connectivity index (χ2n) is 8.03. The maximum Gasteiger partial charge on any atom is 0.258 e. The van der Waals surface area contributed by atoms with Crippen LogP contribution in [0.3, 0.4) is 0 Å². The molecule has 2 heterocycles. The standard InChI is InChI=1S/C24H25N3OS/c1-16-6-2-5-9-20(16)23(28)27-13-12-18-14-17(10-11-22(18)27)21-15-29-24(26-21)25-19-7-3-4-8-19/h2,5-6,9-11,14-15,19H,3-4,7-8,12-13H2,1H3,(H,25,26). The Morgan fingerprint density at radius 3 is 2.83 bits per heavy atom. The van der Waals surface area contributed by atoms with Crippen LogP contribution in [0.25, 0.3) is 11.3 Å². The van der Waals surface area contributed by atoms with Crippen molar-refractivity contribution in [2.45, 2.75) is 45.1 Å². The number of carbonyl (C=O) groups excluding carboxylic acids is 1. The summed E-state index contributed by atoms with van der Waals surface area (Å²) >= 11 is 1.68. The molecule has 1 N–H and O–H groups in total. The molecule has 2 aliphatic rings. The van der Waals surface area contributed by atoms with E-state index in [9.17, 15) is 4.79 Å². The van der Waals surface area contributed by atoms with E-state index in [1.165, 1.54) is 31.2 Å². The van der Waals surface area contributed by atoms with Crippen LogP contribution >= 0.6 is 11.3 Å². The molecular formula is C24H25N3OS. The summed E-state index contributed by atoms with van der Waals surface area (Å²) in [6, 6.07) is 14.8. The first-order valence-corrected chi connectivity index (χ1v) is 11.3. The lowest BCUT2D eigenvalue weighted by molar-refractivity contribution is 0.0989. The van der Waals surface area contributed by atoms with Gasteiger partial charge in [-0.3, -0.25) is 4.79 Å². The lowest BCUT2D eigenvalue weighted by Crippen LogP contribution is -2.29. The van der Waals surface area contributed by atoms with Gasteiger partial charge >= 0.3 is 0 Å². The first kappa shape index (κ1) is 18.4. The van der Waals surface area contributed by atoms with E-state index >= 15 is 0 Å². The Balaban J connectivity index is 1.36. The molecule has 1 amide bonds. The van der Waals surface area contributed by atoms with E-state index in [4.69, 9.17) is 4.98 Å². The predicted molar refractivity (Wildman–Crippen MR) is 120 cm³/mol. The molecule has 0 unspecified atom stereocenters. The number of aryl methyl sites for hydroxylation is 1. The number of rotatable bonds is 4. The van der Waals surface area contributed by atoms with Gasteiger partial charge in [-0.1, -0.05) is 37.1 Å². The van der Waals surface area contributed by atoms with E-state index in [1.807, 2.05) is 36.1 Å². The Kier molecular flexibility index (Phi) is 4.84. The van der Waals surface area contributed by atoms with Crippen molar-refractivity contribution in [3.8, 4) is 11.3 Å². The average Bonchev–Trinajstić information content (AvgIpc) is 3.49. The van der Waals surface area contributed by atoms with Gasteiger partial charge in [-0.25, -0.2) is 4.98 Å². The number of nitrogens with one attached hydrogen (secondary N) is 1. The van der Waals surface area contributed by atoms with E-state index in [0.717, 1.165) is 46.2 Å². The third kappa shape index (κ3) is 3.55. The summed E-state index contributed by atoms with van der Waals surface area (Å²) < 4.78 is 0. The zero-order chi connectivity index (χ0) is 19.8. The van der Waals surface area contributed by atoms with Crippen molar-refractivity contribution in [2.24, 2.45) is 0 Å². The number of hydrogen-bond donors (Lipinski definition) is 1. The molecule has 1 aliphatic carbocycles. The topological polar surface area (TPSA) is 45.2 Å². The van der Waals surface area contributed by atoms with Gasteiger partial charge in [0.1, 0.15) is 0 Å². The van der Waals surface area contributed by atoms with Crippen molar-refractivity contribution in [3.05, 3.63) is 64.5 Å². The van der Waals surface area contributed by atoms with E-state index in [0.29, 0.717) is 6.04 Å². The molecule has 1 fully saturated rings. The average molecular weight is 404 g/mol. The molecule has 0 spiro atoms. The summed E-state index contributed by atoms with van der Waals surface area (Å²) in [6.07, 6.45) is 6.02. The summed E-state index contributed by atoms with van der Waals surface area (Å²) in [6.45, 7) is 2.73. The van der Waals surface area contributed by atoms with Crippen LogP contribution < -0.4 is 10.2 Å². The van der Waals surface area contributed by atoms with Gasteiger partial charge in [0.2, 0.25) is 0 Å². The predicted octanol–water partition coefficient (Wildman–Crippen LogP) is 5.68. The Hall–Kier alpha value is -2.66. The van der Waals surface area contributed by atoms with Gasteiger partial charge in [-0.2, -0.15) is 0 Å². The minimum atomic E-state index is 0.0892. The van der Waals surface area contributed by atoms with Crippen LogP contribution in [0.1, 0.15) is 47.2 Å². The maximum absolute atomic E-state index is 13.1. The van der Waals surface area contributed by atoms with Gasteiger partial charge in [0, 0.05) is 34.8 Å². The number of thiazole rings is 1. The Morgan fingerprint density at radius 2 is 2.00 bits per heavy atom. The fraction of sp³-hybridized carbons (Fsp3) is 0.333. The third-order valence-electron chi connectivity index (χ3n) is 6.08. The molecule has 29 heavy (non-hydrogen) atoms. The molecule has 3 aromatic rings. The molecular weight excluding hydrogens is 378 g/mol. The second kappa shape index (κ2) is 7.64. The van der Waals surface area contributed by atoms with E-state index in [-0.39, 0.29) is 5.91 Å².